The van der Waals surface area contributed by atoms with Crippen LogP contribution in [0.25, 0.3) is 0 Å². The van der Waals surface area contributed by atoms with Crippen molar-refractivity contribution in [3.63, 3.8) is 0 Å². The van der Waals surface area contributed by atoms with Crippen LogP contribution in [0.15, 0.2) is 0 Å². The predicted octanol–water partition coefficient (Wildman–Crippen LogP) is 2.69. The molecular formula is C12H22O3. The van der Waals surface area contributed by atoms with Gasteiger partial charge in [-0.1, -0.05) is 20.8 Å². The van der Waals surface area contributed by atoms with E-state index in [1.807, 2.05) is 13.8 Å². The Morgan fingerprint density at radius 3 is 2.20 bits per heavy atom. The molecule has 88 valence electrons. The first-order valence-corrected chi connectivity index (χ1v) is 5.89. The van der Waals surface area contributed by atoms with Gasteiger partial charge >= 0.3 is 5.97 Å². The fraction of sp³-hybridized carbons (Fsp3) is 0.917. The average molecular weight is 214 g/mol. The number of ether oxygens (including phenoxy) is 1. The third-order valence-electron chi connectivity index (χ3n) is 3.15. The number of rotatable bonds is 4. The molecule has 1 saturated carbocycles. The number of carbonyl (C=O) groups is 1. The van der Waals surface area contributed by atoms with Gasteiger partial charge in [-0.25, -0.2) is 4.79 Å². The van der Waals surface area contributed by atoms with E-state index in [4.69, 9.17) is 9.84 Å². The summed E-state index contributed by atoms with van der Waals surface area (Å²) in [5.74, 6) is -0.0161. The lowest BCUT2D eigenvalue weighted by atomic mass is 9.88. The summed E-state index contributed by atoms with van der Waals surface area (Å²) in [7, 11) is 0. The lowest BCUT2D eigenvalue weighted by molar-refractivity contribution is -0.159. The Morgan fingerprint density at radius 2 is 1.80 bits per heavy atom. The lowest BCUT2D eigenvalue weighted by Crippen LogP contribution is -2.35. The second-order valence-electron chi connectivity index (χ2n) is 5.02. The zero-order chi connectivity index (χ0) is 11.4. The normalized spacial score (nSPS) is 29.1. The highest BCUT2D eigenvalue weighted by molar-refractivity contribution is 5.72. The molecule has 1 aliphatic rings. The van der Waals surface area contributed by atoms with Crippen molar-refractivity contribution in [3.8, 4) is 0 Å². The summed E-state index contributed by atoms with van der Waals surface area (Å²) in [4.78, 5) is 11.0. The molecule has 0 spiro atoms. The molecular weight excluding hydrogens is 192 g/mol. The van der Waals surface area contributed by atoms with Gasteiger partial charge in [-0.3, -0.25) is 0 Å². The van der Waals surface area contributed by atoms with E-state index in [2.05, 4.69) is 6.92 Å². The average Bonchev–Trinajstić information content (AvgIpc) is 2.15. The van der Waals surface area contributed by atoms with Crippen molar-refractivity contribution in [2.45, 2.75) is 58.7 Å². The number of carboxylic acid groups (broad SMARTS) is 1. The van der Waals surface area contributed by atoms with Crippen LogP contribution in [0.5, 0.6) is 0 Å². The fourth-order valence-electron chi connectivity index (χ4n) is 2.07. The van der Waals surface area contributed by atoms with Crippen LogP contribution in [0, 0.1) is 11.8 Å². The topological polar surface area (TPSA) is 46.5 Å². The van der Waals surface area contributed by atoms with Gasteiger partial charge in [-0.2, -0.15) is 0 Å². The van der Waals surface area contributed by atoms with Crippen molar-refractivity contribution in [2.24, 2.45) is 11.8 Å². The van der Waals surface area contributed by atoms with E-state index in [0.717, 1.165) is 31.6 Å². The number of hydrogen-bond acceptors (Lipinski definition) is 2. The third-order valence-corrected chi connectivity index (χ3v) is 3.15. The third kappa shape index (κ3) is 3.82. The minimum absolute atomic E-state index is 0.0434. The molecule has 1 aliphatic carbocycles. The van der Waals surface area contributed by atoms with Gasteiger partial charge in [0.2, 0.25) is 0 Å². The Kier molecular flexibility index (Phi) is 4.58. The number of carboxylic acids is 1. The van der Waals surface area contributed by atoms with Gasteiger partial charge in [-0.05, 0) is 37.5 Å². The molecule has 0 saturated heterocycles. The van der Waals surface area contributed by atoms with Crippen LogP contribution in [0.3, 0.4) is 0 Å². The summed E-state index contributed by atoms with van der Waals surface area (Å²) in [5.41, 5.74) is 0. The first kappa shape index (κ1) is 12.5. The Labute approximate surface area is 91.8 Å². The predicted molar refractivity (Wildman–Crippen MR) is 58.8 cm³/mol. The highest BCUT2D eigenvalue weighted by atomic mass is 16.5. The molecule has 1 N–H and O–H groups in total. The largest absolute Gasteiger partial charge is 0.479 e. The van der Waals surface area contributed by atoms with Gasteiger partial charge in [0.15, 0.2) is 6.10 Å². The van der Waals surface area contributed by atoms with Crippen LogP contribution in [0.1, 0.15) is 46.5 Å². The van der Waals surface area contributed by atoms with E-state index in [0.29, 0.717) is 0 Å². The van der Waals surface area contributed by atoms with E-state index in [1.54, 1.807) is 0 Å². The summed E-state index contributed by atoms with van der Waals surface area (Å²) < 4.78 is 5.66. The summed E-state index contributed by atoms with van der Waals surface area (Å²) >= 11 is 0. The van der Waals surface area contributed by atoms with Gasteiger partial charge in [-0.15, -0.1) is 0 Å². The highest BCUT2D eigenvalue weighted by Gasteiger charge is 2.28. The van der Waals surface area contributed by atoms with Crippen LogP contribution >= 0.6 is 0 Å². The maximum atomic E-state index is 11.0. The first-order chi connectivity index (χ1) is 7.00. The van der Waals surface area contributed by atoms with E-state index in [-0.39, 0.29) is 12.0 Å². The van der Waals surface area contributed by atoms with Gasteiger partial charge < -0.3 is 9.84 Å². The molecule has 0 aliphatic heterocycles. The molecule has 0 aromatic carbocycles. The van der Waals surface area contributed by atoms with Crippen LogP contribution in [0.2, 0.25) is 0 Å². The van der Waals surface area contributed by atoms with Crippen LogP contribution in [-0.4, -0.2) is 23.3 Å². The molecule has 0 bridgehead atoms. The molecule has 1 atom stereocenters. The van der Waals surface area contributed by atoms with Crippen molar-refractivity contribution in [1.82, 2.24) is 0 Å². The quantitative estimate of drug-likeness (QED) is 0.782. The SMILES string of the molecule is CC1CCC(OC(C(=O)O)C(C)C)CC1. The smallest absolute Gasteiger partial charge is 0.333 e. The van der Waals surface area contributed by atoms with E-state index >= 15 is 0 Å². The molecule has 0 amide bonds. The standard InChI is InChI=1S/C12H22O3/c1-8(2)11(12(13)14)15-10-6-4-9(3)5-7-10/h8-11H,4-7H2,1-3H3,(H,13,14). The minimum Gasteiger partial charge on any atom is -0.479 e. The van der Waals surface area contributed by atoms with E-state index < -0.39 is 12.1 Å². The van der Waals surface area contributed by atoms with E-state index in [1.165, 1.54) is 0 Å². The van der Waals surface area contributed by atoms with Crippen molar-refractivity contribution in [3.05, 3.63) is 0 Å². The zero-order valence-corrected chi connectivity index (χ0v) is 9.90. The van der Waals surface area contributed by atoms with Crippen LogP contribution in [-0.2, 0) is 9.53 Å². The van der Waals surface area contributed by atoms with Gasteiger partial charge in [0.25, 0.3) is 0 Å². The lowest BCUT2D eigenvalue weighted by Gasteiger charge is -2.29. The molecule has 0 aromatic rings. The highest BCUT2D eigenvalue weighted by Crippen LogP contribution is 2.27. The van der Waals surface area contributed by atoms with Crippen molar-refractivity contribution in [2.75, 3.05) is 0 Å². The van der Waals surface area contributed by atoms with Crippen molar-refractivity contribution in [1.29, 1.82) is 0 Å². The second-order valence-corrected chi connectivity index (χ2v) is 5.02. The Hall–Kier alpha value is -0.570. The Morgan fingerprint density at radius 1 is 1.27 bits per heavy atom. The summed E-state index contributed by atoms with van der Waals surface area (Å²) in [6.45, 7) is 6.03. The number of aliphatic carboxylic acids is 1. The Balaban J connectivity index is 2.41. The molecule has 3 nitrogen and oxygen atoms in total. The summed E-state index contributed by atoms with van der Waals surface area (Å²) in [6.07, 6.45) is 3.87. The maximum absolute atomic E-state index is 11.0. The molecule has 0 radical (unpaired) electrons. The van der Waals surface area contributed by atoms with Crippen molar-refractivity contribution < 1.29 is 14.6 Å². The fourth-order valence-corrected chi connectivity index (χ4v) is 2.07. The summed E-state index contributed by atoms with van der Waals surface area (Å²) in [6, 6.07) is 0. The van der Waals surface area contributed by atoms with Crippen LogP contribution in [0.4, 0.5) is 0 Å². The summed E-state index contributed by atoms with van der Waals surface area (Å²) in [5, 5.41) is 9.00. The second kappa shape index (κ2) is 5.50. The molecule has 0 aromatic heterocycles. The zero-order valence-electron chi connectivity index (χ0n) is 9.90. The molecule has 15 heavy (non-hydrogen) atoms. The van der Waals surface area contributed by atoms with Gasteiger partial charge in [0.05, 0.1) is 6.10 Å². The molecule has 1 unspecified atom stereocenters. The van der Waals surface area contributed by atoms with E-state index in [9.17, 15) is 4.79 Å². The first-order valence-electron chi connectivity index (χ1n) is 5.89. The van der Waals surface area contributed by atoms with Crippen molar-refractivity contribution >= 4 is 5.97 Å². The van der Waals surface area contributed by atoms with Crippen LogP contribution < -0.4 is 0 Å². The Bertz CT molecular complexity index is 205. The molecule has 0 heterocycles. The maximum Gasteiger partial charge on any atom is 0.333 e. The molecule has 1 fully saturated rings. The molecule has 1 rings (SSSR count). The minimum atomic E-state index is -0.830. The van der Waals surface area contributed by atoms with Gasteiger partial charge in [0.1, 0.15) is 0 Å². The van der Waals surface area contributed by atoms with Gasteiger partial charge in [0, 0.05) is 0 Å². The number of hydrogen-bond donors (Lipinski definition) is 1. The molecule has 3 heteroatoms. The monoisotopic (exact) mass is 214 g/mol.